The van der Waals surface area contributed by atoms with Crippen molar-refractivity contribution in [3.63, 3.8) is 0 Å². The number of methoxy groups -OCH3 is 1. The summed E-state index contributed by atoms with van der Waals surface area (Å²) in [5.41, 5.74) is 2.73. The largest absolute Gasteiger partial charge is 0.497 e. The summed E-state index contributed by atoms with van der Waals surface area (Å²) in [4.78, 5) is 27.4. The number of carbonyl (C=O) groups is 2. The van der Waals surface area contributed by atoms with Gasteiger partial charge in [-0.15, -0.1) is 0 Å². The Morgan fingerprint density at radius 1 is 1.13 bits per heavy atom. The quantitative estimate of drug-likeness (QED) is 0.685. The van der Waals surface area contributed by atoms with Crippen LogP contribution in [-0.2, 0) is 13.1 Å². The number of rotatable bonds is 6. The van der Waals surface area contributed by atoms with Gasteiger partial charge in [0.05, 0.1) is 19.7 Å². The molecule has 0 radical (unpaired) electrons. The molecule has 4 rings (SSSR count). The maximum absolute atomic E-state index is 12.9. The predicted molar refractivity (Wildman–Crippen MR) is 112 cm³/mol. The van der Waals surface area contributed by atoms with Crippen LogP contribution in [0, 0.1) is 0 Å². The number of carbonyl (C=O) groups excluding carboxylic acids is 2. The summed E-state index contributed by atoms with van der Waals surface area (Å²) < 4.78 is 6.80. The minimum absolute atomic E-state index is 0.125. The molecule has 3 aromatic rings. The highest BCUT2D eigenvalue weighted by atomic mass is 16.5. The van der Waals surface area contributed by atoms with Crippen molar-refractivity contribution in [3.8, 4) is 5.75 Å². The first-order valence-corrected chi connectivity index (χ1v) is 9.91. The van der Waals surface area contributed by atoms with E-state index in [9.17, 15) is 9.59 Å². The summed E-state index contributed by atoms with van der Waals surface area (Å²) in [5, 5.41) is 7.30. The van der Waals surface area contributed by atoms with Crippen LogP contribution in [0.25, 0.3) is 0 Å². The Labute approximate surface area is 175 Å². The molecule has 7 heteroatoms. The first kappa shape index (κ1) is 19.7. The van der Waals surface area contributed by atoms with Gasteiger partial charge in [-0.2, -0.15) is 5.10 Å². The molecule has 1 aromatic heterocycles. The van der Waals surface area contributed by atoms with Gasteiger partial charge in [0.25, 0.3) is 11.8 Å². The zero-order chi connectivity index (χ0) is 21.1. The van der Waals surface area contributed by atoms with Gasteiger partial charge < -0.3 is 15.0 Å². The molecule has 0 aliphatic carbocycles. The van der Waals surface area contributed by atoms with Crippen molar-refractivity contribution in [3.05, 3.63) is 83.2 Å². The van der Waals surface area contributed by atoms with Crippen LogP contribution in [0.5, 0.6) is 5.75 Å². The Balaban J connectivity index is 1.45. The van der Waals surface area contributed by atoms with Gasteiger partial charge in [0, 0.05) is 19.2 Å². The van der Waals surface area contributed by atoms with Crippen molar-refractivity contribution >= 4 is 11.8 Å². The number of aromatic nitrogens is 2. The minimum atomic E-state index is -0.289. The van der Waals surface area contributed by atoms with E-state index in [1.807, 2.05) is 61.5 Å². The lowest BCUT2D eigenvalue weighted by Gasteiger charge is -2.27. The van der Waals surface area contributed by atoms with Crippen LogP contribution >= 0.6 is 0 Å². The molecule has 1 unspecified atom stereocenters. The van der Waals surface area contributed by atoms with E-state index in [2.05, 4.69) is 10.4 Å². The van der Waals surface area contributed by atoms with Crippen molar-refractivity contribution in [2.75, 3.05) is 13.7 Å². The van der Waals surface area contributed by atoms with Crippen molar-refractivity contribution in [1.29, 1.82) is 0 Å². The van der Waals surface area contributed by atoms with Crippen molar-refractivity contribution < 1.29 is 14.3 Å². The molecule has 0 fully saturated rings. The summed E-state index contributed by atoms with van der Waals surface area (Å²) in [5.74, 6) is 0.365. The standard InChI is InChI=1S/C23H24N4O3/c1-16(18-6-4-3-5-7-18)24-22(28)20-14-21-23(29)26(12-13-27(21)25-20)15-17-8-10-19(30-2)11-9-17/h3-11,14,16H,12-13,15H2,1-2H3,(H,24,28). The summed E-state index contributed by atoms with van der Waals surface area (Å²) in [6, 6.07) is 18.8. The topological polar surface area (TPSA) is 76.5 Å². The van der Waals surface area contributed by atoms with Crippen LogP contribution < -0.4 is 10.1 Å². The van der Waals surface area contributed by atoms with Gasteiger partial charge in [0.1, 0.15) is 11.4 Å². The molecule has 30 heavy (non-hydrogen) atoms. The fourth-order valence-electron chi connectivity index (χ4n) is 3.55. The van der Waals surface area contributed by atoms with Crippen LogP contribution in [0.3, 0.4) is 0 Å². The first-order chi connectivity index (χ1) is 14.5. The molecular formula is C23H24N4O3. The molecule has 0 saturated carbocycles. The van der Waals surface area contributed by atoms with Crippen molar-refractivity contribution in [1.82, 2.24) is 20.0 Å². The van der Waals surface area contributed by atoms with Crippen LogP contribution in [-0.4, -0.2) is 40.1 Å². The van der Waals surface area contributed by atoms with Gasteiger partial charge in [0.2, 0.25) is 0 Å². The Morgan fingerprint density at radius 2 is 1.87 bits per heavy atom. The van der Waals surface area contributed by atoms with Crippen molar-refractivity contribution in [2.24, 2.45) is 0 Å². The second kappa shape index (κ2) is 8.41. The molecule has 0 spiro atoms. The highest BCUT2D eigenvalue weighted by Crippen LogP contribution is 2.19. The molecule has 2 aromatic carbocycles. The molecule has 1 aliphatic heterocycles. The van der Waals surface area contributed by atoms with E-state index in [4.69, 9.17) is 4.74 Å². The highest BCUT2D eigenvalue weighted by Gasteiger charge is 2.28. The lowest BCUT2D eigenvalue weighted by Crippen LogP contribution is -2.39. The number of fused-ring (bicyclic) bond motifs is 1. The van der Waals surface area contributed by atoms with Crippen molar-refractivity contribution in [2.45, 2.75) is 26.1 Å². The zero-order valence-corrected chi connectivity index (χ0v) is 17.0. The number of amides is 2. The maximum Gasteiger partial charge on any atom is 0.272 e. The molecule has 2 heterocycles. The molecule has 2 amide bonds. The monoisotopic (exact) mass is 404 g/mol. The normalized spacial score (nSPS) is 14.2. The second-order valence-electron chi connectivity index (χ2n) is 7.32. The molecule has 0 saturated heterocycles. The smallest absolute Gasteiger partial charge is 0.272 e. The fourth-order valence-corrected chi connectivity index (χ4v) is 3.55. The third kappa shape index (κ3) is 4.05. The Hall–Kier alpha value is -3.61. The van der Waals surface area contributed by atoms with E-state index in [0.717, 1.165) is 16.9 Å². The van der Waals surface area contributed by atoms with E-state index in [1.54, 1.807) is 22.8 Å². The third-order valence-corrected chi connectivity index (χ3v) is 5.28. The SMILES string of the molecule is COc1ccc(CN2CCn3nc(C(=O)NC(C)c4ccccc4)cc3C2=O)cc1. The van der Waals surface area contributed by atoms with Gasteiger partial charge >= 0.3 is 0 Å². The maximum atomic E-state index is 12.9. The van der Waals surface area contributed by atoms with E-state index in [0.29, 0.717) is 25.3 Å². The number of hydrogen-bond donors (Lipinski definition) is 1. The number of ether oxygens (including phenoxy) is 1. The van der Waals surface area contributed by atoms with Gasteiger partial charge in [0.15, 0.2) is 5.69 Å². The van der Waals surface area contributed by atoms with Gasteiger partial charge in [-0.25, -0.2) is 0 Å². The lowest BCUT2D eigenvalue weighted by atomic mass is 10.1. The second-order valence-corrected chi connectivity index (χ2v) is 7.32. The predicted octanol–water partition coefficient (Wildman–Crippen LogP) is 3.04. The molecular weight excluding hydrogens is 380 g/mol. The number of benzene rings is 2. The Bertz CT molecular complexity index is 1040. The molecule has 154 valence electrons. The third-order valence-electron chi connectivity index (χ3n) is 5.28. The Kier molecular flexibility index (Phi) is 5.52. The zero-order valence-electron chi connectivity index (χ0n) is 17.0. The Morgan fingerprint density at radius 3 is 2.57 bits per heavy atom. The van der Waals surface area contributed by atoms with Crippen LogP contribution in [0.2, 0.25) is 0 Å². The van der Waals surface area contributed by atoms with E-state index in [1.165, 1.54) is 0 Å². The lowest BCUT2D eigenvalue weighted by molar-refractivity contribution is 0.0683. The summed E-state index contributed by atoms with van der Waals surface area (Å²) in [7, 11) is 1.62. The van der Waals surface area contributed by atoms with Crippen LogP contribution in [0.15, 0.2) is 60.7 Å². The highest BCUT2D eigenvalue weighted by molar-refractivity contribution is 5.98. The van der Waals surface area contributed by atoms with E-state index < -0.39 is 0 Å². The van der Waals surface area contributed by atoms with Gasteiger partial charge in [-0.1, -0.05) is 42.5 Å². The summed E-state index contributed by atoms with van der Waals surface area (Å²) >= 11 is 0. The number of nitrogens with zero attached hydrogens (tertiary/aromatic N) is 3. The fraction of sp³-hybridized carbons (Fsp3) is 0.261. The average molecular weight is 404 g/mol. The molecule has 1 aliphatic rings. The summed E-state index contributed by atoms with van der Waals surface area (Å²) in [6.45, 7) is 3.52. The van der Waals surface area contributed by atoms with Gasteiger partial charge in [-0.3, -0.25) is 14.3 Å². The van der Waals surface area contributed by atoms with Gasteiger partial charge in [-0.05, 0) is 30.2 Å². The first-order valence-electron chi connectivity index (χ1n) is 9.91. The average Bonchev–Trinajstić information content (AvgIpc) is 3.22. The van der Waals surface area contributed by atoms with E-state index >= 15 is 0 Å². The number of nitrogens with one attached hydrogen (secondary N) is 1. The molecule has 7 nitrogen and oxygen atoms in total. The molecule has 0 bridgehead atoms. The molecule has 1 atom stereocenters. The summed E-state index contributed by atoms with van der Waals surface area (Å²) in [6.07, 6.45) is 0. The van der Waals surface area contributed by atoms with E-state index in [-0.39, 0.29) is 23.6 Å². The number of hydrogen-bond acceptors (Lipinski definition) is 4. The molecule has 1 N–H and O–H groups in total. The van der Waals surface area contributed by atoms with Crippen LogP contribution in [0.1, 0.15) is 45.1 Å². The van der Waals surface area contributed by atoms with Crippen LogP contribution in [0.4, 0.5) is 0 Å². The minimum Gasteiger partial charge on any atom is -0.497 e.